The molecule has 0 heterocycles. The Balaban J connectivity index is 3.71. The van der Waals surface area contributed by atoms with Gasteiger partial charge in [0.1, 0.15) is 0 Å². The molecule has 0 radical (unpaired) electrons. The first kappa shape index (κ1) is 15.4. The summed E-state index contributed by atoms with van der Waals surface area (Å²) >= 11 is 0. The van der Waals surface area contributed by atoms with Crippen molar-refractivity contribution in [3.8, 4) is 0 Å². The van der Waals surface area contributed by atoms with Crippen LogP contribution in [0.5, 0.6) is 0 Å². The maximum absolute atomic E-state index is 11.5. The fourth-order valence-electron chi connectivity index (χ4n) is 1.52. The van der Waals surface area contributed by atoms with Gasteiger partial charge in [-0.25, -0.2) is 4.79 Å². The van der Waals surface area contributed by atoms with Crippen molar-refractivity contribution in [3.63, 3.8) is 0 Å². The van der Waals surface area contributed by atoms with Crippen LogP contribution < -0.4 is 0 Å². The van der Waals surface area contributed by atoms with E-state index >= 15 is 0 Å². The molecule has 3 nitrogen and oxygen atoms in total. The second kappa shape index (κ2) is 10.9. The summed E-state index contributed by atoms with van der Waals surface area (Å²) in [5, 5.41) is 0. The first-order chi connectivity index (χ1) is 7.76. The largest absolute Gasteiger partial charge is 0.464 e. The average Bonchev–Trinajstić information content (AvgIpc) is 2.27. The highest BCUT2D eigenvalue weighted by atomic mass is 16.6. The van der Waals surface area contributed by atoms with Crippen molar-refractivity contribution in [1.29, 1.82) is 0 Å². The van der Waals surface area contributed by atoms with Crippen molar-refractivity contribution in [3.05, 3.63) is 0 Å². The minimum Gasteiger partial charge on any atom is -0.464 e. The van der Waals surface area contributed by atoms with Crippen LogP contribution >= 0.6 is 0 Å². The Labute approximate surface area is 99.5 Å². The fourth-order valence-corrected chi connectivity index (χ4v) is 1.52. The predicted octanol–water partition coefficient (Wildman–Crippen LogP) is 3.32. The van der Waals surface area contributed by atoms with Crippen LogP contribution in [0.4, 0.5) is 0 Å². The molecule has 96 valence electrons. The molecule has 0 aliphatic carbocycles. The molecule has 0 aromatic heterocycles. The molecule has 0 aromatic carbocycles. The standard InChI is InChI=1S/C13H26O3/c1-4-7-8-9-11-16-12(10-5-2)13(14)15-6-3/h12H,4-11H2,1-3H3. The van der Waals surface area contributed by atoms with Crippen LogP contribution in [0, 0.1) is 0 Å². The highest BCUT2D eigenvalue weighted by Crippen LogP contribution is 2.07. The van der Waals surface area contributed by atoms with E-state index in [-0.39, 0.29) is 12.1 Å². The molecule has 0 saturated carbocycles. The van der Waals surface area contributed by atoms with Gasteiger partial charge in [0.15, 0.2) is 6.10 Å². The van der Waals surface area contributed by atoms with Crippen molar-refractivity contribution in [2.24, 2.45) is 0 Å². The minimum atomic E-state index is -0.355. The molecule has 0 bridgehead atoms. The quantitative estimate of drug-likeness (QED) is 0.426. The van der Waals surface area contributed by atoms with Crippen LogP contribution in [0.3, 0.4) is 0 Å². The molecule has 0 aliphatic heterocycles. The number of hydrogen-bond acceptors (Lipinski definition) is 3. The van der Waals surface area contributed by atoms with E-state index in [1.165, 1.54) is 19.3 Å². The first-order valence-electron chi connectivity index (χ1n) is 6.54. The highest BCUT2D eigenvalue weighted by molar-refractivity contribution is 5.74. The highest BCUT2D eigenvalue weighted by Gasteiger charge is 2.18. The van der Waals surface area contributed by atoms with E-state index in [9.17, 15) is 4.79 Å². The Morgan fingerprint density at radius 2 is 1.81 bits per heavy atom. The van der Waals surface area contributed by atoms with Crippen molar-refractivity contribution >= 4 is 5.97 Å². The van der Waals surface area contributed by atoms with Gasteiger partial charge in [0.2, 0.25) is 0 Å². The van der Waals surface area contributed by atoms with Crippen LogP contribution in [-0.2, 0) is 14.3 Å². The molecule has 0 amide bonds. The molecule has 1 atom stereocenters. The van der Waals surface area contributed by atoms with Crippen molar-refractivity contribution in [1.82, 2.24) is 0 Å². The van der Waals surface area contributed by atoms with E-state index in [4.69, 9.17) is 9.47 Å². The van der Waals surface area contributed by atoms with Crippen molar-refractivity contribution < 1.29 is 14.3 Å². The van der Waals surface area contributed by atoms with Crippen LogP contribution in [-0.4, -0.2) is 25.3 Å². The number of esters is 1. The van der Waals surface area contributed by atoms with E-state index in [1.54, 1.807) is 0 Å². The maximum atomic E-state index is 11.5. The summed E-state index contributed by atoms with van der Waals surface area (Å²) in [5.74, 6) is -0.208. The SMILES string of the molecule is CCCCCCOC(CCC)C(=O)OCC. The Morgan fingerprint density at radius 1 is 1.06 bits per heavy atom. The Bertz CT molecular complexity index is 169. The first-order valence-corrected chi connectivity index (χ1v) is 6.54. The summed E-state index contributed by atoms with van der Waals surface area (Å²) in [5.41, 5.74) is 0. The predicted molar refractivity (Wildman–Crippen MR) is 65.4 cm³/mol. The van der Waals surface area contributed by atoms with E-state index in [1.807, 2.05) is 13.8 Å². The lowest BCUT2D eigenvalue weighted by molar-refractivity contribution is -0.157. The molecule has 0 aromatic rings. The maximum Gasteiger partial charge on any atom is 0.335 e. The summed E-state index contributed by atoms with van der Waals surface area (Å²) in [4.78, 5) is 11.5. The third kappa shape index (κ3) is 7.69. The lowest BCUT2D eigenvalue weighted by Crippen LogP contribution is -2.27. The van der Waals surface area contributed by atoms with Crippen LogP contribution in [0.1, 0.15) is 59.3 Å². The van der Waals surface area contributed by atoms with Crippen molar-refractivity contribution in [2.45, 2.75) is 65.4 Å². The number of ether oxygens (including phenoxy) is 2. The van der Waals surface area contributed by atoms with Gasteiger partial charge in [-0.15, -0.1) is 0 Å². The summed E-state index contributed by atoms with van der Waals surface area (Å²) in [6, 6.07) is 0. The van der Waals surface area contributed by atoms with Gasteiger partial charge in [0.05, 0.1) is 6.61 Å². The van der Waals surface area contributed by atoms with Gasteiger partial charge >= 0.3 is 5.97 Å². The smallest absolute Gasteiger partial charge is 0.335 e. The van der Waals surface area contributed by atoms with Gasteiger partial charge in [0.25, 0.3) is 0 Å². The number of carbonyl (C=O) groups is 1. The van der Waals surface area contributed by atoms with Gasteiger partial charge in [-0.2, -0.15) is 0 Å². The summed E-state index contributed by atoms with van der Waals surface area (Å²) in [6.45, 7) is 7.15. The molecule has 16 heavy (non-hydrogen) atoms. The summed E-state index contributed by atoms with van der Waals surface area (Å²) in [6.07, 6.45) is 6.01. The molecular formula is C13H26O3. The van der Waals surface area contributed by atoms with Gasteiger partial charge in [-0.05, 0) is 19.8 Å². The van der Waals surface area contributed by atoms with E-state index < -0.39 is 0 Å². The van der Waals surface area contributed by atoms with Crippen LogP contribution in [0.25, 0.3) is 0 Å². The summed E-state index contributed by atoms with van der Waals surface area (Å²) < 4.78 is 10.5. The molecule has 3 heteroatoms. The monoisotopic (exact) mass is 230 g/mol. The summed E-state index contributed by atoms with van der Waals surface area (Å²) in [7, 11) is 0. The molecule has 0 fully saturated rings. The fraction of sp³-hybridized carbons (Fsp3) is 0.923. The molecule has 0 N–H and O–H groups in total. The zero-order valence-electron chi connectivity index (χ0n) is 11.0. The van der Waals surface area contributed by atoms with Gasteiger partial charge in [-0.1, -0.05) is 39.5 Å². The number of hydrogen-bond donors (Lipinski definition) is 0. The molecule has 0 saturated heterocycles. The third-order valence-electron chi connectivity index (χ3n) is 2.42. The topological polar surface area (TPSA) is 35.5 Å². The normalized spacial score (nSPS) is 12.4. The zero-order chi connectivity index (χ0) is 12.2. The number of carbonyl (C=O) groups excluding carboxylic acids is 1. The van der Waals surface area contributed by atoms with Crippen LogP contribution in [0.2, 0.25) is 0 Å². The molecular weight excluding hydrogens is 204 g/mol. The second-order valence-electron chi connectivity index (χ2n) is 3.96. The van der Waals surface area contributed by atoms with Gasteiger partial charge < -0.3 is 9.47 Å². The lowest BCUT2D eigenvalue weighted by atomic mass is 10.2. The van der Waals surface area contributed by atoms with Gasteiger partial charge in [-0.3, -0.25) is 0 Å². The number of unbranched alkanes of at least 4 members (excludes halogenated alkanes) is 3. The lowest BCUT2D eigenvalue weighted by Gasteiger charge is -2.15. The van der Waals surface area contributed by atoms with Crippen LogP contribution in [0.15, 0.2) is 0 Å². The third-order valence-corrected chi connectivity index (χ3v) is 2.42. The number of rotatable bonds is 10. The van der Waals surface area contributed by atoms with E-state index in [0.717, 1.165) is 19.3 Å². The second-order valence-corrected chi connectivity index (χ2v) is 3.96. The van der Waals surface area contributed by atoms with E-state index in [2.05, 4.69) is 6.92 Å². The average molecular weight is 230 g/mol. The molecule has 0 rings (SSSR count). The Morgan fingerprint density at radius 3 is 2.38 bits per heavy atom. The zero-order valence-corrected chi connectivity index (χ0v) is 11.0. The van der Waals surface area contributed by atoms with Gasteiger partial charge in [0, 0.05) is 6.61 Å². The van der Waals surface area contributed by atoms with E-state index in [0.29, 0.717) is 13.2 Å². The molecule has 0 aliphatic rings. The minimum absolute atomic E-state index is 0.208. The molecule has 0 spiro atoms. The molecule has 1 unspecified atom stereocenters. The Kier molecular flexibility index (Phi) is 10.5. The van der Waals surface area contributed by atoms with Crippen molar-refractivity contribution in [2.75, 3.05) is 13.2 Å². The Hall–Kier alpha value is -0.570.